The molecule has 7 heteroatoms. The number of nitrogens with one attached hydrogen (secondary N) is 1. The van der Waals surface area contributed by atoms with Gasteiger partial charge < -0.3 is 15.0 Å². The highest BCUT2D eigenvalue weighted by Gasteiger charge is 2.27. The van der Waals surface area contributed by atoms with Gasteiger partial charge in [0.1, 0.15) is 0 Å². The number of nitrogens with zero attached hydrogens (tertiary/aromatic N) is 2. The lowest BCUT2D eigenvalue weighted by Gasteiger charge is -2.33. The summed E-state index contributed by atoms with van der Waals surface area (Å²) in [4.78, 5) is 24.8. The van der Waals surface area contributed by atoms with E-state index in [1.165, 1.54) is 12.1 Å². The first-order chi connectivity index (χ1) is 10.0. The van der Waals surface area contributed by atoms with Crippen LogP contribution in [0.15, 0.2) is 18.2 Å². The first-order valence-corrected chi connectivity index (χ1v) is 6.95. The van der Waals surface area contributed by atoms with Crippen LogP contribution >= 0.6 is 0 Å². The van der Waals surface area contributed by atoms with E-state index in [9.17, 15) is 14.9 Å². The highest BCUT2D eigenvalue weighted by Crippen LogP contribution is 2.25. The molecule has 0 saturated carbocycles. The third kappa shape index (κ3) is 3.30. The molecule has 1 aliphatic heterocycles. The molecule has 2 rings (SSSR count). The number of hydrogen-bond acceptors (Lipinski definition) is 5. The van der Waals surface area contributed by atoms with E-state index in [4.69, 9.17) is 4.74 Å². The summed E-state index contributed by atoms with van der Waals surface area (Å²) >= 11 is 0. The number of ether oxygens (including phenoxy) is 1. The summed E-state index contributed by atoms with van der Waals surface area (Å²) in [5, 5.41) is 14.0. The lowest BCUT2D eigenvalue weighted by molar-refractivity contribution is -0.384. The first-order valence-electron chi connectivity index (χ1n) is 6.95. The minimum atomic E-state index is -0.491. The minimum Gasteiger partial charge on any atom is -0.385 e. The van der Waals surface area contributed by atoms with Gasteiger partial charge in [0.15, 0.2) is 0 Å². The second kappa shape index (κ2) is 6.53. The van der Waals surface area contributed by atoms with E-state index in [0.717, 1.165) is 0 Å². The highest BCUT2D eigenvalue weighted by atomic mass is 16.6. The fourth-order valence-electron chi connectivity index (χ4n) is 2.35. The summed E-state index contributed by atoms with van der Waals surface area (Å²) in [6, 6.07) is 4.28. The van der Waals surface area contributed by atoms with E-state index >= 15 is 0 Å². The molecule has 114 valence electrons. The summed E-state index contributed by atoms with van der Waals surface area (Å²) in [7, 11) is 0. The Balaban J connectivity index is 2.36. The van der Waals surface area contributed by atoms with Crippen molar-refractivity contribution in [2.75, 3.05) is 31.6 Å². The van der Waals surface area contributed by atoms with Crippen molar-refractivity contribution in [1.29, 1.82) is 0 Å². The van der Waals surface area contributed by atoms with Gasteiger partial charge in [0.25, 0.3) is 11.6 Å². The molecule has 1 aliphatic rings. The van der Waals surface area contributed by atoms with Crippen molar-refractivity contribution in [2.45, 2.75) is 19.9 Å². The number of morpholine rings is 1. The number of anilines is 1. The summed E-state index contributed by atoms with van der Waals surface area (Å²) in [5.74, 6) is -0.203. The number of nitro groups is 1. The van der Waals surface area contributed by atoms with E-state index in [1.807, 2.05) is 13.8 Å². The van der Waals surface area contributed by atoms with Crippen LogP contribution in [0.25, 0.3) is 0 Å². The van der Waals surface area contributed by atoms with E-state index in [1.54, 1.807) is 11.0 Å². The highest BCUT2D eigenvalue weighted by molar-refractivity contribution is 6.00. The molecule has 1 heterocycles. The molecule has 1 saturated heterocycles. The molecule has 0 aromatic heterocycles. The van der Waals surface area contributed by atoms with Gasteiger partial charge in [-0.15, -0.1) is 0 Å². The molecule has 1 amide bonds. The van der Waals surface area contributed by atoms with Gasteiger partial charge in [0, 0.05) is 30.9 Å². The van der Waals surface area contributed by atoms with Crippen molar-refractivity contribution in [3.63, 3.8) is 0 Å². The Hall–Kier alpha value is -2.15. The van der Waals surface area contributed by atoms with Crippen molar-refractivity contribution < 1.29 is 14.5 Å². The largest absolute Gasteiger partial charge is 0.385 e. The van der Waals surface area contributed by atoms with Gasteiger partial charge in [-0.3, -0.25) is 14.9 Å². The average molecular weight is 293 g/mol. The van der Waals surface area contributed by atoms with Gasteiger partial charge in [-0.1, -0.05) is 0 Å². The number of rotatable bonds is 4. The molecule has 1 N–H and O–H groups in total. The fourth-order valence-corrected chi connectivity index (χ4v) is 2.35. The van der Waals surface area contributed by atoms with Crippen LogP contribution in [0.4, 0.5) is 11.4 Å². The monoisotopic (exact) mass is 293 g/mol. The number of nitro benzene ring substituents is 1. The predicted molar refractivity (Wildman–Crippen MR) is 78.6 cm³/mol. The van der Waals surface area contributed by atoms with Gasteiger partial charge >= 0.3 is 0 Å². The van der Waals surface area contributed by atoms with Gasteiger partial charge in [-0.25, -0.2) is 0 Å². The van der Waals surface area contributed by atoms with Crippen LogP contribution in [-0.4, -0.2) is 48.1 Å². The summed E-state index contributed by atoms with van der Waals surface area (Å²) < 4.78 is 5.32. The fraction of sp³-hybridized carbons (Fsp3) is 0.500. The predicted octanol–water partition coefficient (Wildman–Crippen LogP) is 1.89. The second-order valence-electron chi connectivity index (χ2n) is 4.94. The van der Waals surface area contributed by atoms with Gasteiger partial charge in [0.2, 0.25) is 0 Å². The molecule has 0 spiro atoms. The Morgan fingerprint density at radius 3 is 2.95 bits per heavy atom. The molecule has 0 bridgehead atoms. The Morgan fingerprint density at radius 1 is 1.57 bits per heavy atom. The lowest BCUT2D eigenvalue weighted by Crippen LogP contribution is -2.47. The van der Waals surface area contributed by atoms with Gasteiger partial charge in [-0.05, 0) is 19.9 Å². The van der Waals surface area contributed by atoms with Gasteiger partial charge in [0.05, 0.1) is 29.7 Å². The third-order valence-corrected chi connectivity index (χ3v) is 3.44. The molecule has 1 unspecified atom stereocenters. The number of amides is 1. The van der Waals surface area contributed by atoms with Crippen molar-refractivity contribution in [3.8, 4) is 0 Å². The molecule has 0 aliphatic carbocycles. The van der Waals surface area contributed by atoms with Crippen molar-refractivity contribution >= 4 is 17.3 Å². The van der Waals surface area contributed by atoms with E-state index in [-0.39, 0.29) is 17.6 Å². The van der Waals surface area contributed by atoms with E-state index < -0.39 is 4.92 Å². The molecule has 1 aromatic carbocycles. The number of hydrogen-bond donors (Lipinski definition) is 1. The number of benzene rings is 1. The normalized spacial score (nSPS) is 18.4. The Bertz CT molecular complexity index is 547. The second-order valence-corrected chi connectivity index (χ2v) is 4.94. The number of carbonyl (C=O) groups is 1. The molecule has 21 heavy (non-hydrogen) atoms. The zero-order valence-corrected chi connectivity index (χ0v) is 12.2. The maximum Gasteiger partial charge on any atom is 0.270 e. The van der Waals surface area contributed by atoms with Crippen LogP contribution in [-0.2, 0) is 4.74 Å². The first kappa shape index (κ1) is 15.2. The topological polar surface area (TPSA) is 84.7 Å². The molecule has 0 radical (unpaired) electrons. The third-order valence-electron chi connectivity index (χ3n) is 3.44. The quantitative estimate of drug-likeness (QED) is 0.677. The van der Waals surface area contributed by atoms with Crippen LogP contribution in [0.1, 0.15) is 24.2 Å². The Morgan fingerprint density at radius 2 is 2.33 bits per heavy atom. The van der Waals surface area contributed by atoms with Crippen molar-refractivity contribution in [3.05, 3.63) is 33.9 Å². The summed E-state index contributed by atoms with van der Waals surface area (Å²) in [5.41, 5.74) is 0.868. The van der Waals surface area contributed by atoms with Crippen molar-refractivity contribution in [1.82, 2.24) is 4.90 Å². The van der Waals surface area contributed by atoms with Crippen LogP contribution < -0.4 is 5.32 Å². The molecular formula is C14H19N3O4. The summed E-state index contributed by atoms with van der Waals surface area (Å²) in [6.45, 7) is 5.91. The molecule has 7 nitrogen and oxygen atoms in total. The van der Waals surface area contributed by atoms with Gasteiger partial charge in [-0.2, -0.15) is 0 Å². The smallest absolute Gasteiger partial charge is 0.270 e. The van der Waals surface area contributed by atoms with Crippen LogP contribution in [0, 0.1) is 10.1 Å². The standard InChI is InChI=1S/C14H19N3O4/c1-3-15-13-5-4-11(17(19)20)8-12(13)14(18)16-6-7-21-9-10(16)2/h4-5,8,10,15H,3,6-7,9H2,1-2H3. The number of non-ortho nitro benzene ring substituents is 1. The van der Waals surface area contributed by atoms with Crippen LogP contribution in [0.5, 0.6) is 0 Å². The maximum atomic E-state index is 12.7. The van der Waals surface area contributed by atoms with E-state index in [0.29, 0.717) is 37.6 Å². The van der Waals surface area contributed by atoms with E-state index in [2.05, 4.69) is 5.32 Å². The minimum absolute atomic E-state index is 0.0417. The SMILES string of the molecule is CCNc1ccc([N+](=O)[O-])cc1C(=O)N1CCOCC1C. The molecular weight excluding hydrogens is 274 g/mol. The average Bonchev–Trinajstić information content (AvgIpc) is 2.47. The molecule has 1 fully saturated rings. The zero-order valence-electron chi connectivity index (χ0n) is 12.2. The Kier molecular flexibility index (Phi) is 4.74. The molecule has 1 aromatic rings. The zero-order chi connectivity index (χ0) is 15.4. The number of carbonyl (C=O) groups excluding carboxylic acids is 1. The Labute approximate surface area is 123 Å². The van der Waals surface area contributed by atoms with Crippen LogP contribution in [0.2, 0.25) is 0 Å². The summed E-state index contributed by atoms with van der Waals surface area (Å²) in [6.07, 6.45) is 0. The maximum absolute atomic E-state index is 12.7. The lowest BCUT2D eigenvalue weighted by atomic mass is 10.1. The van der Waals surface area contributed by atoms with Crippen molar-refractivity contribution in [2.24, 2.45) is 0 Å². The van der Waals surface area contributed by atoms with Crippen LogP contribution in [0.3, 0.4) is 0 Å². The molecule has 1 atom stereocenters.